The Morgan fingerprint density at radius 3 is 2.62 bits per heavy atom. The molecule has 0 radical (unpaired) electrons. The SMILES string of the molecule is CCCCN1C(=O)[C@@H](OCc2ccccc2)[C@H](O)[C@@H]1CO. The zero-order chi connectivity index (χ0) is 15.2. The number of benzene rings is 1. The van der Waals surface area contributed by atoms with Gasteiger partial charge in [0.15, 0.2) is 6.10 Å². The Bertz CT molecular complexity index is 451. The first-order valence-corrected chi connectivity index (χ1v) is 7.44. The van der Waals surface area contributed by atoms with Crippen LogP contribution in [0.4, 0.5) is 0 Å². The molecule has 0 unspecified atom stereocenters. The summed E-state index contributed by atoms with van der Waals surface area (Å²) in [5.41, 5.74) is 0.949. The highest BCUT2D eigenvalue weighted by Crippen LogP contribution is 2.24. The largest absolute Gasteiger partial charge is 0.394 e. The highest BCUT2D eigenvalue weighted by molar-refractivity contribution is 5.84. The number of likely N-dealkylation sites (tertiary alicyclic amines) is 1. The molecule has 0 spiro atoms. The van der Waals surface area contributed by atoms with Crippen LogP contribution >= 0.6 is 0 Å². The minimum absolute atomic E-state index is 0.231. The molecule has 0 aromatic heterocycles. The number of carbonyl (C=O) groups is 1. The van der Waals surface area contributed by atoms with Gasteiger partial charge < -0.3 is 19.8 Å². The number of rotatable bonds is 7. The minimum Gasteiger partial charge on any atom is -0.394 e. The van der Waals surface area contributed by atoms with Gasteiger partial charge >= 0.3 is 0 Å². The van der Waals surface area contributed by atoms with Gasteiger partial charge in [0.2, 0.25) is 0 Å². The van der Waals surface area contributed by atoms with Gasteiger partial charge in [-0.2, -0.15) is 0 Å². The first kappa shape index (κ1) is 15.9. The third-order valence-electron chi connectivity index (χ3n) is 3.84. The van der Waals surface area contributed by atoms with E-state index in [0.717, 1.165) is 18.4 Å². The molecule has 1 heterocycles. The third kappa shape index (κ3) is 3.61. The van der Waals surface area contributed by atoms with Crippen LogP contribution in [-0.4, -0.2) is 52.4 Å². The van der Waals surface area contributed by atoms with Gasteiger partial charge in [-0.3, -0.25) is 4.79 Å². The molecule has 3 atom stereocenters. The second-order valence-electron chi connectivity index (χ2n) is 5.34. The summed E-state index contributed by atoms with van der Waals surface area (Å²) in [6.45, 7) is 2.60. The van der Waals surface area contributed by atoms with E-state index in [2.05, 4.69) is 0 Å². The average Bonchev–Trinajstić information content (AvgIpc) is 2.74. The molecule has 5 nitrogen and oxygen atoms in total. The summed E-state index contributed by atoms with van der Waals surface area (Å²) in [6, 6.07) is 8.96. The second kappa shape index (κ2) is 7.54. The predicted molar refractivity (Wildman–Crippen MR) is 78.5 cm³/mol. The molecule has 1 aliphatic rings. The smallest absolute Gasteiger partial charge is 0.254 e. The zero-order valence-electron chi connectivity index (χ0n) is 12.3. The van der Waals surface area contributed by atoms with Crippen molar-refractivity contribution in [3.8, 4) is 0 Å². The highest BCUT2D eigenvalue weighted by Gasteiger charge is 2.47. The molecule has 0 bridgehead atoms. The van der Waals surface area contributed by atoms with E-state index in [0.29, 0.717) is 6.54 Å². The fraction of sp³-hybridized carbons (Fsp3) is 0.562. The van der Waals surface area contributed by atoms with Crippen LogP contribution in [0, 0.1) is 0 Å². The number of aliphatic hydroxyl groups excluding tert-OH is 2. The normalized spacial score (nSPS) is 25.6. The number of amides is 1. The van der Waals surface area contributed by atoms with Crippen molar-refractivity contribution in [1.82, 2.24) is 4.90 Å². The minimum atomic E-state index is -0.983. The Balaban J connectivity index is 2.00. The molecule has 116 valence electrons. The number of aliphatic hydroxyl groups is 2. The molecule has 1 fully saturated rings. The molecule has 1 aliphatic heterocycles. The van der Waals surface area contributed by atoms with Crippen LogP contribution in [-0.2, 0) is 16.1 Å². The lowest BCUT2D eigenvalue weighted by Crippen LogP contribution is -2.40. The van der Waals surface area contributed by atoms with Crippen molar-refractivity contribution in [2.24, 2.45) is 0 Å². The van der Waals surface area contributed by atoms with E-state index < -0.39 is 18.2 Å². The van der Waals surface area contributed by atoms with Gasteiger partial charge in [0, 0.05) is 6.54 Å². The first-order chi connectivity index (χ1) is 10.2. The van der Waals surface area contributed by atoms with Crippen LogP contribution in [0.2, 0.25) is 0 Å². The number of unbranched alkanes of at least 4 members (excludes halogenated alkanes) is 1. The van der Waals surface area contributed by atoms with Crippen LogP contribution in [0.3, 0.4) is 0 Å². The number of nitrogens with zero attached hydrogens (tertiary/aromatic N) is 1. The van der Waals surface area contributed by atoms with Crippen molar-refractivity contribution >= 4 is 5.91 Å². The monoisotopic (exact) mass is 293 g/mol. The van der Waals surface area contributed by atoms with Crippen molar-refractivity contribution in [3.05, 3.63) is 35.9 Å². The molecule has 21 heavy (non-hydrogen) atoms. The van der Waals surface area contributed by atoms with Crippen molar-refractivity contribution in [1.29, 1.82) is 0 Å². The van der Waals surface area contributed by atoms with Gasteiger partial charge in [0.25, 0.3) is 5.91 Å². The Labute approximate surface area is 125 Å². The fourth-order valence-electron chi connectivity index (χ4n) is 2.60. The van der Waals surface area contributed by atoms with Gasteiger partial charge in [-0.05, 0) is 12.0 Å². The molecule has 2 rings (SSSR count). The molecular formula is C16H23NO4. The highest BCUT2D eigenvalue weighted by atomic mass is 16.5. The van der Waals surface area contributed by atoms with E-state index in [1.807, 2.05) is 37.3 Å². The second-order valence-corrected chi connectivity index (χ2v) is 5.34. The molecular weight excluding hydrogens is 270 g/mol. The van der Waals surface area contributed by atoms with E-state index >= 15 is 0 Å². The molecule has 1 aromatic carbocycles. The molecule has 5 heteroatoms. The first-order valence-electron chi connectivity index (χ1n) is 7.44. The maximum absolute atomic E-state index is 12.3. The summed E-state index contributed by atoms with van der Waals surface area (Å²) in [4.78, 5) is 13.9. The van der Waals surface area contributed by atoms with Crippen LogP contribution in [0.15, 0.2) is 30.3 Å². The summed E-state index contributed by atoms with van der Waals surface area (Å²) >= 11 is 0. The molecule has 2 N–H and O–H groups in total. The van der Waals surface area contributed by atoms with Crippen molar-refractivity contribution in [2.45, 2.75) is 44.6 Å². The standard InChI is InChI=1S/C16H23NO4/c1-2-3-9-17-13(10-18)14(19)15(16(17)20)21-11-12-7-5-4-6-8-12/h4-8,13-15,18-19H,2-3,9-11H2,1H3/t13-,14+,15-/m0/s1. The van der Waals surface area contributed by atoms with E-state index in [1.165, 1.54) is 0 Å². The predicted octanol–water partition coefficient (Wildman–Crippen LogP) is 0.936. The molecule has 0 saturated carbocycles. The maximum Gasteiger partial charge on any atom is 0.254 e. The Morgan fingerprint density at radius 1 is 1.29 bits per heavy atom. The maximum atomic E-state index is 12.3. The number of carbonyl (C=O) groups excluding carboxylic acids is 1. The van der Waals surface area contributed by atoms with E-state index in [-0.39, 0.29) is 19.1 Å². The Morgan fingerprint density at radius 2 is 2.00 bits per heavy atom. The molecule has 1 aromatic rings. The van der Waals surface area contributed by atoms with E-state index in [1.54, 1.807) is 4.90 Å². The Kier molecular flexibility index (Phi) is 5.73. The van der Waals surface area contributed by atoms with Crippen LogP contribution in [0.5, 0.6) is 0 Å². The van der Waals surface area contributed by atoms with Gasteiger partial charge in [-0.15, -0.1) is 0 Å². The number of ether oxygens (including phenoxy) is 1. The van der Waals surface area contributed by atoms with Crippen molar-refractivity contribution < 1.29 is 19.7 Å². The van der Waals surface area contributed by atoms with Crippen LogP contribution in [0.25, 0.3) is 0 Å². The van der Waals surface area contributed by atoms with Crippen LogP contribution in [0.1, 0.15) is 25.3 Å². The van der Waals surface area contributed by atoms with Crippen molar-refractivity contribution in [3.63, 3.8) is 0 Å². The van der Waals surface area contributed by atoms with Crippen LogP contribution < -0.4 is 0 Å². The fourth-order valence-corrected chi connectivity index (χ4v) is 2.60. The van der Waals surface area contributed by atoms with E-state index in [9.17, 15) is 15.0 Å². The Hall–Kier alpha value is -1.43. The zero-order valence-corrected chi connectivity index (χ0v) is 12.3. The molecule has 1 amide bonds. The molecule has 0 aliphatic carbocycles. The van der Waals surface area contributed by atoms with E-state index in [4.69, 9.17) is 4.74 Å². The number of hydrogen-bond acceptors (Lipinski definition) is 4. The lowest BCUT2D eigenvalue weighted by Gasteiger charge is -2.23. The van der Waals surface area contributed by atoms with Gasteiger partial charge in [-0.25, -0.2) is 0 Å². The lowest BCUT2D eigenvalue weighted by atomic mass is 10.1. The quantitative estimate of drug-likeness (QED) is 0.785. The topological polar surface area (TPSA) is 70.0 Å². The number of hydrogen-bond donors (Lipinski definition) is 2. The summed E-state index contributed by atoms with van der Waals surface area (Å²) in [6.07, 6.45) is -0.0734. The lowest BCUT2D eigenvalue weighted by molar-refractivity contribution is -0.140. The summed E-state index contributed by atoms with van der Waals surface area (Å²) in [5, 5.41) is 19.6. The van der Waals surface area contributed by atoms with Gasteiger partial charge in [-0.1, -0.05) is 43.7 Å². The summed E-state index contributed by atoms with van der Waals surface area (Å²) < 4.78 is 5.60. The van der Waals surface area contributed by atoms with Crippen molar-refractivity contribution in [2.75, 3.05) is 13.2 Å². The third-order valence-corrected chi connectivity index (χ3v) is 3.84. The molecule has 1 saturated heterocycles. The van der Waals surface area contributed by atoms with Gasteiger partial charge in [0.05, 0.1) is 19.3 Å². The summed E-state index contributed by atoms with van der Waals surface area (Å²) in [5.74, 6) is -0.231. The average molecular weight is 293 g/mol. The van der Waals surface area contributed by atoms with Gasteiger partial charge in [0.1, 0.15) is 6.10 Å². The summed E-state index contributed by atoms with van der Waals surface area (Å²) in [7, 11) is 0.